The van der Waals surface area contributed by atoms with Gasteiger partial charge in [0.1, 0.15) is 5.65 Å². The third-order valence-corrected chi connectivity index (χ3v) is 5.57. The SMILES string of the molecule is C.C[C@@H]1CCN(Cc2ccccc2)CC1N(C)c1ccnc2[nH]ccc12. The van der Waals surface area contributed by atoms with E-state index >= 15 is 0 Å². The first-order chi connectivity index (χ1) is 12.2. The molecule has 4 nitrogen and oxygen atoms in total. The lowest BCUT2D eigenvalue weighted by molar-refractivity contribution is 0.159. The van der Waals surface area contributed by atoms with Gasteiger partial charge in [-0.05, 0) is 36.6 Å². The average Bonchev–Trinajstić information content (AvgIpc) is 3.12. The molecule has 2 aromatic heterocycles. The van der Waals surface area contributed by atoms with Crippen LogP contribution in [-0.4, -0.2) is 41.0 Å². The summed E-state index contributed by atoms with van der Waals surface area (Å²) in [5, 5.41) is 1.21. The van der Waals surface area contributed by atoms with Crippen molar-refractivity contribution in [2.45, 2.75) is 33.4 Å². The molecule has 4 rings (SSSR count). The van der Waals surface area contributed by atoms with Crippen molar-refractivity contribution in [1.82, 2.24) is 14.9 Å². The largest absolute Gasteiger partial charge is 0.369 e. The summed E-state index contributed by atoms with van der Waals surface area (Å²) in [5.41, 5.74) is 3.63. The van der Waals surface area contributed by atoms with Crippen molar-refractivity contribution in [3.8, 4) is 0 Å². The molecule has 3 heterocycles. The molecule has 26 heavy (non-hydrogen) atoms. The van der Waals surface area contributed by atoms with Crippen molar-refractivity contribution in [3.05, 3.63) is 60.4 Å². The van der Waals surface area contributed by atoms with Crippen molar-refractivity contribution in [1.29, 1.82) is 0 Å². The predicted molar refractivity (Wildman–Crippen MR) is 111 cm³/mol. The Balaban J connectivity index is 0.00000196. The van der Waals surface area contributed by atoms with Crippen LogP contribution in [0.2, 0.25) is 0 Å². The molecule has 0 saturated carbocycles. The number of fused-ring (bicyclic) bond motifs is 1. The van der Waals surface area contributed by atoms with Gasteiger partial charge in [-0.25, -0.2) is 4.98 Å². The summed E-state index contributed by atoms with van der Waals surface area (Å²) in [6.07, 6.45) is 5.12. The smallest absolute Gasteiger partial charge is 0.139 e. The third-order valence-electron chi connectivity index (χ3n) is 5.57. The van der Waals surface area contributed by atoms with E-state index in [2.05, 4.69) is 76.2 Å². The van der Waals surface area contributed by atoms with E-state index in [4.69, 9.17) is 0 Å². The minimum absolute atomic E-state index is 0. The number of aromatic amines is 1. The number of nitrogens with one attached hydrogen (secondary N) is 1. The molecule has 1 aliphatic heterocycles. The Hall–Kier alpha value is -2.33. The molecule has 1 aromatic carbocycles. The van der Waals surface area contributed by atoms with Crippen LogP contribution in [0.3, 0.4) is 0 Å². The minimum atomic E-state index is 0. The second-order valence-corrected chi connectivity index (χ2v) is 7.23. The normalized spacial score (nSPS) is 20.7. The maximum absolute atomic E-state index is 4.43. The second kappa shape index (κ2) is 7.92. The van der Waals surface area contributed by atoms with Crippen molar-refractivity contribution < 1.29 is 0 Å². The Kier molecular flexibility index (Phi) is 5.62. The molecule has 138 valence electrons. The van der Waals surface area contributed by atoms with Crippen LogP contribution in [-0.2, 0) is 6.54 Å². The molecule has 4 heteroatoms. The van der Waals surface area contributed by atoms with E-state index < -0.39 is 0 Å². The zero-order valence-corrected chi connectivity index (χ0v) is 15.0. The number of hydrogen-bond acceptors (Lipinski definition) is 3. The van der Waals surface area contributed by atoms with Gasteiger partial charge in [-0.3, -0.25) is 4.90 Å². The van der Waals surface area contributed by atoms with Crippen LogP contribution in [0.5, 0.6) is 0 Å². The molecule has 0 bridgehead atoms. The quantitative estimate of drug-likeness (QED) is 0.750. The molecule has 0 aliphatic carbocycles. The van der Waals surface area contributed by atoms with Gasteiger partial charge in [-0.2, -0.15) is 0 Å². The standard InChI is InChI=1S/C21H26N4.CH4/c1-16-10-13-25(14-17-6-4-3-5-7-17)15-20(16)24(2)19-9-12-23-21-18(19)8-11-22-21;/h3-9,11-12,16,20H,10,13-15H2,1-2H3,(H,22,23);1H4/t16-,20?;/m1./s1. The first-order valence-electron chi connectivity index (χ1n) is 9.13. The minimum Gasteiger partial charge on any atom is -0.369 e. The summed E-state index contributed by atoms with van der Waals surface area (Å²) in [6, 6.07) is 15.6. The van der Waals surface area contributed by atoms with Crippen molar-refractivity contribution in [2.24, 2.45) is 5.92 Å². The molecule has 1 saturated heterocycles. The maximum atomic E-state index is 4.43. The van der Waals surface area contributed by atoms with Crippen LogP contribution in [0, 0.1) is 5.92 Å². The van der Waals surface area contributed by atoms with Gasteiger partial charge in [0, 0.05) is 49.6 Å². The fourth-order valence-corrected chi connectivity index (χ4v) is 4.04. The van der Waals surface area contributed by atoms with Crippen molar-refractivity contribution in [2.75, 3.05) is 25.0 Å². The van der Waals surface area contributed by atoms with Gasteiger partial charge in [-0.1, -0.05) is 44.7 Å². The zero-order valence-electron chi connectivity index (χ0n) is 15.0. The molecule has 0 amide bonds. The van der Waals surface area contributed by atoms with Gasteiger partial charge in [-0.15, -0.1) is 0 Å². The lowest BCUT2D eigenvalue weighted by Crippen LogP contribution is -2.50. The molecule has 2 atom stereocenters. The third kappa shape index (κ3) is 3.61. The first kappa shape index (κ1) is 18.5. The van der Waals surface area contributed by atoms with Gasteiger partial charge in [0.25, 0.3) is 0 Å². The summed E-state index contributed by atoms with van der Waals surface area (Å²) in [6.45, 7) is 5.70. The highest BCUT2D eigenvalue weighted by molar-refractivity contribution is 5.89. The Labute approximate surface area is 156 Å². The number of benzene rings is 1. The van der Waals surface area contributed by atoms with Crippen LogP contribution in [0.1, 0.15) is 26.3 Å². The number of piperidine rings is 1. The molecule has 1 aliphatic rings. The van der Waals surface area contributed by atoms with Gasteiger partial charge in [0.2, 0.25) is 0 Å². The Morgan fingerprint density at radius 1 is 1.19 bits per heavy atom. The molecule has 0 spiro atoms. The van der Waals surface area contributed by atoms with Crippen LogP contribution in [0.4, 0.5) is 5.69 Å². The number of likely N-dealkylation sites (tertiary alicyclic amines) is 1. The topological polar surface area (TPSA) is 35.2 Å². The molecule has 3 aromatic rings. The number of pyridine rings is 1. The molecule has 0 radical (unpaired) electrons. The van der Waals surface area contributed by atoms with Crippen LogP contribution in [0.25, 0.3) is 11.0 Å². The molecule has 1 unspecified atom stereocenters. The van der Waals surface area contributed by atoms with E-state index in [1.165, 1.54) is 29.6 Å². The number of H-pyrrole nitrogens is 1. The summed E-state index contributed by atoms with van der Waals surface area (Å²) in [5.74, 6) is 0.680. The number of anilines is 1. The number of likely N-dealkylation sites (N-methyl/N-ethyl adjacent to an activating group) is 1. The summed E-state index contributed by atoms with van der Waals surface area (Å²) in [4.78, 5) is 12.7. The average molecular weight is 351 g/mol. The fourth-order valence-electron chi connectivity index (χ4n) is 4.04. The van der Waals surface area contributed by atoms with E-state index in [-0.39, 0.29) is 7.43 Å². The monoisotopic (exact) mass is 350 g/mol. The molecule has 1 N–H and O–H groups in total. The summed E-state index contributed by atoms with van der Waals surface area (Å²) < 4.78 is 0. The van der Waals surface area contributed by atoms with E-state index in [0.29, 0.717) is 12.0 Å². The van der Waals surface area contributed by atoms with Crippen LogP contribution >= 0.6 is 0 Å². The van der Waals surface area contributed by atoms with Gasteiger partial charge in [0.05, 0.1) is 0 Å². The van der Waals surface area contributed by atoms with Gasteiger partial charge >= 0.3 is 0 Å². The number of aromatic nitrogens is 2. The maximum Gasteiger partial charge on any atom is 0.139 e. The lowest BCUT2D eigenvalue weighted by Gasteiger charge is -2.42. The van der Waals surface area contributed by atoms with E-state index in [0.717, 1.165) is 18.7 Å². The Morgan fingerprint density at radius 3 is 2.81 bits per heavy atom. The van der Waals surface area contributed by atoms with E-state index in [1.54, 1.807) is 0 Å². The van der Waals surface area contributed by atoms with Crippen molar-refractivity contribution >= 4 is 16.7 Å². The highest BCUT2D eigenvalue weighted by Gasteiger charge is 2.30. The number of hydrogen-bond donors (Lipinski definition) is 1. The summed E-state index contributed by atoms with van der Waals surface area (Å²) >= 11 is 0. The Morgan fingerprint density at radius 2 is 2.00 bits per heavy atom. The number of nitrogens with zero attached hydrogens (tertiary/aromatic N) is 3. The van der Waals surface area contributed by atoms with Gasteiger partial charge < -0.3 is 9.88 Å². The van der Waals surface area contributed by atoms with Gasteiger partial charge in [0.15, 0.2) is 0 Å². The Bertz CT molecular complexity index is 826. The molecular weight excluding hydrogens is 320 g/mol. The summed E-state index contributed by atoms with van der Waals surface area (Å²) in [7, 11) is 2.23. The van der Waals surface area contributed by atoms with E-state index in [1.807, 2.05) is 12.4 Å². The molecule has 1 fully saturated rings. The zero-order chi connectivity index (χ0) is 17.2. The first-order valence-corrected chi connectivity index (χ1v) is 9.13. The van der Waals surface area contributed by atoms with E-state index in [9.17, 15) is 0 Å². The fraction of sp³-hybridized carbons (Fsp3) is 0.409. The molecular formula is C22H30N4. The van der Waals surface area contributed by atoms with Crippen LogP contribution < -0.4 is 4.90 Å². The lowest BCUT2D eigenvalue weighted by atomic mass is 9.91. The van der Waals surface area contributed by atoms with Crippen molar-refractivity contribution in [3.63, 3.8) is 0 Å². The highest BCUT2D eigenvalue weighted by Crippen LogP contribution is 2.30. The second-order valence-electron chi connectivity index (χ2n) is 7.23. The van der Waals surface area contributed by atoms with Crippen LogP contribution in [0.15, 0.2) is 54.9 Å². The number of rotatable bonds is 4. The highest BCUT2D eigenvalue weighted by atomic mass is 15.2. The predicted octanol–water partition coefficient (Wildman–Crippen LogP) is 4.55.